The molecule has 5 rings (SSSR count). The van der Waals surface area contributed by atoms with Gasteiger partial charge in [0.2, 0.25) is 5.88 Å². The highest BCUT2D eigenvalue weighted by atomic mass is 16.3. The second-order valence-electron chi connectivity index (χ2n) is 7.11. The Morgan fingerprint density at radius 1 is 0.788 bits per heavy atom. The molecule has 0 saturated carbocycles. The maximum absolute atomic E-state index is 11.0. The Balaban J connectivity index is 1.61. The van der Waals surface area contributed by atoms with Crippen molar-refractivity contribution < 1.29 is 5.11 Å². The standard InChI is InChI=1S/C25H17N7O/c26-16-20-21(17-10-4-1-5-11-17)27-29-24(20)30-28-23-22(18-12-6-2-7-13-18)31-32(25(23)33)19-14-8-3-9-15-19/h1-15,33H,(H,27,29)/b30-28+. The Bertz CT molecular complexity index is 1460. The molecule has 2 aromatic heterocycles. The van der Waals surface area contributed by atoms with Gasteiger partial charge in [-0.2, -0.15) is 20.1 Å². The number of rotatable bonds is 5. The number of para-hydroxylation sites is 1. The predicted molar refractivity (Wildman–Crippen MR) is 124 cm³/mol. The minimum atomic E-state index is -0.162. The summed E-state index contributed by atoms with van der Waals surface area (Å²) in [7, 11) is 0. The van der Waals surface area contributed by atoms with Gasteiger partial charge in [-0.3, -0.25) is 5.10 Å². The third kappa shape index (κ3) is 3.75. The van der Waals surface area contributed by atoms with Crippen LogP contribution in [0.25, 0.3) is 28.2 Å². The van der Waals surface area contributed by atoms with Crippen LogP contribution in [0.5, 0.6) is 5.88 Å². The highest BCUT2D eigenvalue weighted by Crippen LogP contribution is 2.40. The third-order valence-corrected chi connectivity index (χ3v) is 5.04. The summed E-state index contributed by atoms with van der Waals surface area (Å²) in [5.74, 6) is 0.0346. The quantitative estimate of drug-likeness (QED) is 0.336. The number of aromatic nitrogens is 4. The van der Waals surface area contributed by atoms with E-state index in [9.17, 15) is 10.4 Å². The topological polar surface area (TPSA) is 115 Å². The molecule has 33 heavy (non-hydrogen) atoms. The van der Waals surface area contributed by atoms with Crippen LogP contribution in [-0.2, 0) is 0 Å². The largest absolute Gasteiger partial charge is 0.492 e. The lowest BCUT2D eigenvalue weighted by molar-refractivity contribution is 0.434. The Morgan fingerprint density at radius 3 is 1.97 bits per heavy atom. The number of nitrogens with one attached hydrogen (secondary N) is 1. The van der Waals surface area contributed by atoms with Crippen LogP contribution in [0.3, 0.4) is 0 Å². The molecule has 0 amide bonds. The maximum atomic E-state index is 11.0. The molecule has 0 spiro atoms. The first-order chi connectivity index (χ1) is 16.3. The SMILES string of the molecule is N#Cc1c(-c2ccccc2)n[nH]c1/N=N/c1c(-c2ccccc2)nn(-c2ccccc2)c1O. The Kier molecular flexibility index (Phi) is 5.19. The van der Waals surface area contributed by atoms with Crippen LogP contribution in [0, 0.1) is 11.3 Å². The fourth-order valence-electron chi connectivity index (χ4n) is 3.45. The van der Waals surface area contributed by atoms with Crippen LogP contribution in [0.2, 0.25) is 0 Å². The number of azo groups is 1. The normalized spacial score (nSPS) is 11.0. The summed E-state index contributed by atoms with van der Waals surface area (Å²) < 4.78 is 1.41. The van der Waals surface area contributed by atoms with Gasteiger partial charge in [-0.1, -0.05) is 78.9 Å². The molecular formula is C25H17N7O. The first-order valence-corrected chi connectivity index (χ1v) is 10.1. The molecule has 0 aliphatic rings. The molecule has 0 radical (unpaired) electrons. The fraction of sp³-hybridized carbons (Fsp3) is 0. The predicted octanol–water partition coefficient (Wildman–Crippen LogP) is 5.92. The summed E-state index contributed by atoms with van der Waals surface area (Å²) in [5.41, 5.74) is 3.63. The maximum Gasteiger partial charge on any atom is 0.243 e. The van der Waals surface area contributed by atoms with Crippen molar-refractivity contribution in [1.82, 2.24) is 20.0 Å². The summed E-state index contributed by atoms with van der Waals surface area (Å²) in [4.78, 5) is 0. The van der Waals surface area contributed by atoms with Crippen molar-refractivity contribution in [2.45, 2.75) is 0 Å². The van der Waals surface area contributed by atoms with Crippen molar-refractivity contribution in [3.63, 3.8) is 0 Å². The lowest BCUT2D eigenvalue weighted by Gasteiger charge is -2.01. The van der Waals surface area contributed by atoms with E-state index in [1.54, 1.807) is 0 Å². The van der Waals surface area contributed by atoms with Crippen molar-refractivity contribution in [3.8, 4) is 40.2 Å². The monoisotopic (exact) mass is 431 g/mol. The lowest BCUT2D eigenvalue weighted by atomic mass is 10.1. The molecule has 0 saturated heterocycles. The number of aromatic amines is 1. The Labute approximate surface area is 189 Å². The minimum absolute atomic E-state index is 0.162. The average Bonchev–Trinajstić information content (AvgIpc) is 3.44. The molecule has 3 aromatic carbocycles. The summed E-state index contributed by atoms with van der Waals surface area (Å²) in [6.45, 7) is 0. The highest BCUT2D eigenvalue weighted by molar-refractivity contribution is 5.77. The van der Waals surface area contributed by atoms with Gasteiger partial charge in [-0.05, 0) is 12.1 Å². The van der Waals surface area contributed by atoms with Crippen molar-refractivity contribution in [3.05, 3.63) is 96.6 Å². The average molecular weight is 431 g/mol. The fourth-order valence-corrected chi connectivity index (χ4v) is 3.45. The molecule has 158 valence electrons. The first kappa shape index (κ1) is 19.9. The van der Waals surface area contributed by atoms with Crippen molar-refractivity contribution in [2.75, 3.05) is 0 Å². The van der Waals surface area contributed by atoms with E-state index in [4.69, 9.17) is 0 Å². The van der Waals surface area contributed by atoms with E-state index < -0.39 is 0 Å². The van der Waals surface area contributed by atoms with E-state index in [2.05, 4.69) is 31.6 Å². The molecule has 2 heterocycles. The number of hydrogen-bond donors (Lipinski definition) is 2. The van der Waals surface area contributed by atoms with Crippen LogP contribution in [0.1, 0.15) is 5.56 Å². The molecule has 2 N–H and O–H groups in total. The summed E-state index contributed by atoms with van der Waals surface area (Å²) in [6, 6.07) is 30.2. The molecule has 8 heteroatoms. The van der Waals surface area contributed by atoms with Gasteiger partial charge in [0, 0.05) is 11.1 Å². The van der Waals surface area contributed by atoms with Crippen LogP contribution < -0.4 is 0 Å². The van der Waals surface area contributed by atoms with Gasteiger partial charge in [0.1, 0.15) is 23.0 Å². The number of nitrogens with zero attached hydrogens (tertiary/aromatic N) is 6. The molecule has 8 nitrogen and oxygen atoms in total. The Hall–Kier alpha value is -5.03. The van der Waals surface area contributed by atoms with Gasteiger partial charge in [-0.25, -0.2) is 0 Å². The number of aromatic hydroxyl groups is 1. The van der Waals surface area contributed by atoms with Crippen LogP contribution >= 0.6 is 0 Å². The van der Waals surface area contributed by atoms with Crippen LogP contribution in [0.15, 0.2) is 101 Å². The van der Waals surface area contributed by atoms with E-state index in [0.29, 0.717) is 17.1 Å². The molecule has 0 unspecified atom stereocenters. The number of benzene rings is 3. The van der Waals surface area contributed by atoms with E-state index in [1.165, 1.54) is 4.68 Å². The van der Waals surface area contributed by atoms with Gasteiger partial charge in [0.25, 0.3) is 0 Å². The number of hydrogen-bond acceptors (Lipinski definition) is 6. The zero-order valence-electron chi connectivity index (χ0n) is 17.3. The second-order valence-corrected chi connectivity index (χ2v) is 7.11. The molecule has 0 aliphatic carbocycles. The zero-order chi connectivity index (χ0) is 22.6. The van der Waals surface area contributed by atoms with Gasteiger partial charge in [-0.15, -0.1) is 10.2 Å². The van der Waals surface area contributed by atoms with Gasteiger partial charge in [0.15, 0.2) is 11.5 Å². The van der Waals surface area contributed by atoms with Gasteiger partial charge >= 0.3 is 0 Å². The first-order valence-electron chi connectivity index (χ1n) is 10.1. The van der Waals surface area contributed by atoms with Crippen LogP contribution in [-0.4, -0.2) is 25.1 Å². The highest BCUT2D eigenvalue weighted by Gasteiger charge is 2.21. The number of H-pyrrole nitrogens is 1. The molecule has 0 atom stereocenters. The van der Waals surface area contributed by atoms with Crippen molar-refractivity contribution >= 4 is 11.5 Å². The second kappa shape index (κ2) is 8.61. The molecular weight excluding hydrogens is 414 g/mol. The zero-order valence-corrected chi connectivity index (χ0v) is 17.3. The smallest absolute Gasteiger partial charge is 0.243 e. The lowest BCUT2D eigenvalue weighted by Crippen LogP contribution is -1.95. The number of nitriles is 1. The van der Waals surface area contributed by atoms with E-state index in [-0.39, 0.29) is 22.9 Å². The third-order valence-electron chi connectivity index (χ3n) is 5.04. The van der Waals surface area contributed by atoms with Crippen molar-refractivity contribution in [1.29, 1.82) is 5.26 Å². The molecule has 5 aromatic rings. The van der Waals surface area contributed by atoms with Gasteiger partial charge in [0.05, 0.1) is 5.69 Å². The Morgan fingerprint density at radius 2 is 1.36 bits per heavy atom. The molecule has 0 bridgehead atoms. The van der Waals surface area contributed by atoms with E-state index in [0.717, 1.165) is 11.1 Å². The summed E-state index contributed by atoms with van der Waals surface area (Å²) in [5, 5.41) is 40.8. The van der Waals surface area contributed by atoms with Gasteiger partial charge < -0.3 is 5.11 Å². The summed E-state index contributed by atoms with van der Waals surface area (Å²) >= 11 is 0. The minimum Gasteiger partial charge on any atom is -0.492 e. The van der Waals surface area contributed by atoms with E-state index >= 15 is 0 Å². The van der Waals surface area contributed by atoms with E-state index in [1.807, 2.05) is 91.0 Å². The van der Waals surface area contributed by atoms with Crippen LogP contribution in [0.4, 0.5) is 11.5 Å². The van der Waals surface area contributed by atoms with Crippen molar-refractivity contribution in [2.24, 2.45) is 10.2 Å². The summed E-state index contributed by atoms with van der Waals surface area (Å²) in [6.07, 6.45) is 0. The molecule has 0 fully saturated rings. The molecule has 0 aliphatic heterocycles.